The predicted octanol–water partition coefficient (Wildman–Crippen LogP) is 3.06. The quantitative estimate of drug-likeness (QED) is 0.341. The van der Waals surface area contributed by atoms with Gasteiger partial charge in [-0.2, -0.15) is 0 Å². The number of nitrogens with zero attached hydrogens (tertiary/aromatic N) is 3. The van der Waals surface area contributed by atoms with Gasteiger partial charge in [0.2, 0.25) is 0 Å². The molecule has 0 spiro atoms. The first-order valence-corrected chi connectivity index (χ1v) is 3.73. The molecule has 0 fully saturated rings. The molecule has 0 aliphatic heterocycles. The van der Waals surface area contributed by atoms with Crippen LogP contribution in [-0.2, 0) is 0 Å². The Balaban J connectivity index is 2.48. The number of azide groups is 1. The maximum absolute atomic E-state index is 8.28. The summed E-state index contributed by atoms with van der Waals surface area (Å²) in [6.45, 7) is 0. The Bertz CT molecular complexity index is 375. The summed E-state index contributed by atoms with van der Waals surface area (Å²) in [7, 11) is 0. The molecule has 1 atom stereocenters. The van der Waals surface area contributed by atoms with Crippen LogP contribution in [0.25, 0.3) is 16.5 Å². The molecule has 2 rings (SSSR count). The van der Waals surface area contributed by atoms with Crippen molar-refractivity contribution in [3.05, 3.63) is 51.9 Å². The zero-order valence-corrected chi connectivity index (χ0v) is 6.38. The molecule has 0 N–H and O–H groups in total. The standard InChI is InChI=1S/C9H7N3/c10-12-11-9-6-5-7-3-1-2-4-8(7)9/h1-6,9H. The summed E-state index contributed by atoms with van der Waals surface area (Å²) in [5, 5.41) is 3.66. The Hall–Kier alpha value is -1.73. The molecule has 1 aliphatic rings. The highest BCUT2D eigenvalue weighted by Gasteiger charge is 2.13. The number of fused-ring (bicyclic) bond motifs is 1. The third kappa shape index (κ3) is 0.966. The van der Waals surface area contributed by atoms with E-state index in [-0.39, 0.29) is 6.04 Å². The molecule has 0 radical (unpaired) electrons. The highest BCUT2D eigenvalue weighted by atomic mass is 15.1. The van der Waals surface area contributed by atoms with Gasteiger partial charge in [0.15, 0.2) is 0 Å². The zero-order valence-electron chi connectivity index (χ0n) is 6.38. The van der Waals surface area contributed by atoms with Crippen LogP contribution in [0.1, 0.15) is 17.2 Å². The molecule has 0 heterocycles. The molecule has 58 valence electrons. The lowest BCUT2D eigenvalue weighted by Crippen LogP contribution is -1.86. The molecule has 12 heavy (non-hydrogen) atoms. The van der Waals surface area contributed by atoms with Gasteiger partial charge in [-0.05, 0) is 16.7 Å². The van der Waals surface area contributed by atoms with E-state index in [4.69, 9.17) is 5.53 Å². The highest BCUT2D eigenvalue weighted by Crippen LogP contribution is 2.30. The van der Waals surface area contributed by atoms with Crippen LogP contribution in [0.2, 0.25) is 0 Å². The van der Waals surface area contributed by atoms with Crippen LogP contribution in [0.4, 0.5) is 0 Å². The molecule has 0 bridgehead atoms. The molecule has 3 heteroatoms. The molecule has 1 aliphatic carbocycles. The lowest BCUT2D eigenvalue weighted by atomic mass is 10.1. The highest BCUT2D eigenvalue weighted by molar-refractivity contribution is 5.61. The van der Waals surface area contributed by atoms with Crippen LogP contribution in [0.15, 0.2) is 35.5 Å². The van der Waals surface area contributed by atoms with Crippen molar-refractivity contribution < 1.29 is 0 Å². The number of benzene rings is 1. The summed E-state index contributed by atoms with van der Waals surface area (Å²) in [4.78, 5) is 2.79. The summed E-state index contributed by atoms with van der Waals surface area (Å²) in [5.41, 5.74) is 10.5. The maximum Gasteiger partial charge on any atom is 0.0815 e. The summed E-state index contributed by atoms with van der Waals surface area (Å²) in [5.74, 6) is 0. The molecule has 0 amide bonds. The van der Waals surface area contributed by atoms with Gasteiger partial charge >= 0.3 is 0 Å². The van der Waals surface area contributed by atoms with Gasteiger partial charge in [-0.3, -0.25) is 0 Å². The average molecular weight is 157 g/mol. The second-order valence-electron chi connectivity index (χ2n) is 2.64. The van der Waals surface area contributed by atoms with E-state index in [9.17, 15) is 0 Å². The fraction of sp³-hybridized carbons (Fsp3) is 0.111. The van der Waals surface area contributed by atoms with Crippen molar-refractivity contribution in [3.63, 3.8) is 0 Å². The molecule has 3 nitrogen and oxygen atoms in total. The maximum atomic E-state index is 8.28. The second-order valence-corrected chi connectivity index (χ2v) is 2.64. The predicted molar refractivity (Wildman–Crippen MR) is 47.4 cm³/mol. The molecule has 1 unspecified atom stereocenters. The second kappa shape index (κ2) is 2.72. The Morgan fingerprint density at radius 3 is 3.00 bits per heavy atom. The minimum Gasteiger partial charge on any atom is -0.0818 e. The van der Waals surface area contributed by atoms with Crippen LogP contribution in [0.5, 0.6) is 0 Å². The van der Waals surface area contributed by atoms with Crippen molar-refractivity contribution in [2.75, 3.05) is 0 Å². The third-order valence-electron chi connectivity index (χ3n) is 1.95. The van der Waals surface area contributed by atoms with Crippen LogP contribution in [0.3, 0.4) is 0 Å². The molecule has 0 saturated heterocycles. The van der Waals surface area contributed by atoms with Crippen molar-refractivity contribution in [1.29, 1.82) is 0 Å². The number of rotatable bonds is 1. The van der Waals surface area contributed by atoms with Gasteiger partial charge < -0.3 is 0 Å². The molecular weight excluding hydrogens is 150 g/mol. The Labute approximate surface area is 70.0 Å². The first-order valence-electron chi connectivity index (χ1n) is 3.73. The molecule has 1 aromatic carbocycles. The van der Waals surface area contributed by atoms with Gasteiger partial charge in [0.1, 0.15) is 0 Å². The van der Waals surface area contributed by atoms with E-state index < -0.39 is 0 Å². The lowest BCUT2D eigenvalue weighted by Gasteiger charge is -2.01. The van der Waals surface area contributed by atoms with Gasteiger partial charge in [-0.25, -0.2) is 0 Å². The van der Waals surface area contributed by atoms with Gasteiger partial charge in [-0.15, -0.1) is 0 Å². The van der Waals surface area contributed by atoms with E-state index in [2.05, 4.69) is 10.0 Å². The van der Waals surface area contributed by atoms with E-state index >= 15 is 0 Å². The summed E-state index contributed by atoms with van der Waals surface area (Å²) in [6.07, 6.45) is 3.89. The summed E-state index contributed by atoms with van der Waals surface area (Å²) >= 11 is 0. The van der Waals surface area contributed by atoms with Crippen molar-refractivity contribution in [3.8, 4) is 0 Å². The minimum atomic E-state index is -0.105. The van der Waals surface area contributed by atoms with Gasteiger partial charge in [0.25, 0.3) is 0 Å². The molecule has 0 saturated carbocycles. The van der Waals surface area contributed by atoms with Crippen LogP contribution in [-0.4, -0.2) is 0 Å². The first kappa shape index (κ1) is 6.95. The van der Waals surface area contributed by atoms with Crippen LogP contribution in [0, 0.1) is 0 Å². The zero-order chi connectivity index (χ0) is 8.39. The lowest BCUT2D eigenvalue weighted by molar-refractivity contribution is 0.915. The fourth-order valence-electron chi connectivity index (χ4n) is 1.39. The van der Waals surface area contributed by atoms with Gasteiger partial charge in [0.05, 0.1) is 6.04 Å². The van der Waals surface area contributed by atoms with E-state index in [0.29, 0.717) is 0 Å². The SMILES string of the molecule is [N-]=[N+]=NC1C=Cc2ccccc21. The number of hydrogen-bond donors (Lipinski definition) is 0. The van der Waals surface area contributed by atoms with Crippen LogP contribution >= 0.6 is 0 Å². The first-order chi connectivity index (χ1) is 5.92. The van der Waals surface area contributed by atoms with Crippen molar-refractivity contribution in [1.82, 2.24) is 0 Å². The largest absolute Gasteiger partial charge is 0.0818 e. The molecule has 0 aromatic heterocycles. The minimum absolute atomic E-state index is 0.105. The topological polar surface area (TPSA) is 48.8 Å². The molecular formula is C9H7N3. The Morgan fingerprint density at radius 1 is 1.33 bits per heavy atom. The summed E-state index contributed by atoms with van der Waals surface area (Å²) < 4.78 is 0. The van der Waals surface area contributed by atoms with Gasteiger partial charge in [-0.1, -0.05) is 41.5 Å². The van der Waals surface area contributed by atoms with Crippen LogP contribution < -0.4 is 0 Å². The molecule has 1 aromatic rings. The fourth-order valence-corrected chi connectivity index (χ4v) is 1.39. The number of hydrogen-bond acceptors (Lipinski definition) is 1. The normalized spacial score (nSPS) is 18.5. The van der Waals surface area contributed by atoms with Crippen molar-refractivity contribution >= 4 is 6.08 Å². The Morgan fingerprint density at radius 2 is 2.17 bits per heavy atom. The van der Waals surface area contributed by atoms with E-state index in [1.807, 2.05) is 36.4 Å². The smallest absolute Gasteiger partial charge is 0.0815 e. The summed E-state index contributed by atoms with van der Waals surface area (Å²) in [6, 6.07) is 7.81. The van der Waals surface area contributed by atoms with Crippen molar-refractivity contribution in [2.24, 2.45) is 5.11 Å². The average Bonchev–Trinajstić information content (AvgIpc) is 2.50. The van der Waals surface area contributed by atoms with E-state index in [0.717, 1.165) is 11.1 Å². The third-order valence-corrected chi connectivity index (χ3v) is 1.95. The van der Waals surface area contributed by atoms with E-state index in [1.54, 1.807) is 0 Å². The monoisotopic (exact) mass is 157 g/mol. The van der Waals surface area contributed by atoms with Crippen molar-refractivity contribution in [2.45, 2.75) is 6.04 Å². The van der Waals surface area contributed by atoms with Gasteiger partial charge in [0, 0.05) is 4.91 Å². The van der Waals surface area contributed by atoms with E-state index in [1.165, 1.54) is 0 Å². The Kier molecular flexibility index (Phi) is 1.57.